The van der Waals surface area contributed by atoms with Crippen molar-refractivity contribution in [2.24, 2.45) is 0 Å². The molecule has 68 valence electrons. The molecule has 0 saturated carbocycles. The number of methoxy groups -OCH3 is 1. The second-order valence-electron chi connectivity index (χ2n) is 1.69. The summed E-state index contributed by atoms with van der Waals surface area (Å²) in [5, 5.41) is 0.326. The minimum Gasteiger partial charge on any atom is -0.466 e. The molecule has 0 saturated heterocycles. The Hall–Kier alpha value is -1.17. The first-order valence-corrected chi connectivity index (χ1v) is 4.28. The van der Waals surface area contributed by atoms with E-state index in [2.05, 4.69) is 4.74 Å². The number of esters is 1. The maximum Gasteiger partial charge on any atom is 0.330 e. The van der Waals surface area contributed by atoms with Gasteiger partial charge < -0.3 is 4.74 Å². The summed E-state index contributed by atoms with van der Waals surface area (Å²) in [5.41, 5.74) is 0. The van der Waals surface area contributed by atoms with Crippen LogP contribution in [0.1, 0.15) is 0 Å². The van der Waals surface area contributed by atoms with E-state index in [1.165, 1.54) is 7.11 Å². The third kappa shape index (κ3) is 6.94. The van der Waals surface area contributed by atoms with Crippen LogP contribution in [0.3, 0.4) is 0 Å². The fraction of sp³-hybridized carbons (Fsp3) is 0.167. The third-order valence-electron chi connectivity index (χ3n) is 0.786. The average Bonchev–Trinajstić information content (AvgIpc) is 1.96. The number of ether oxygens (including phenoxy) is 1. The monoisotopic (exact) mass is 194 g/mol. The Bertz CT molecular complexity index is 302. The summed E-state index contributed by atoms with van der Waals surface area (Å²) in [4.78, 5) is 10.4. The van der Waals surface area contributed by atoms with Gasteiger partial charge in [0.1, 0.15) is 0 Å². The van der Waals surface area contributed by atoms with Crippen LogP contribution in [0, 0.1) is 0 Å². The molecular formula is C6H7FO4S. The Labute approximate surface area is 69.5 Å². The number of hydrogen-bond acceptors (Lipinski definition) is 4. The van der Waals surface area contributed by atoms with Crippen molar-refractivity contribution in [3.8, 4) is 0 Å². The van der Waals surface area contributed by atoms with E-state index < -0.39 is 16.2 Å². The molecule has 0 aromatic carbocycles. The molecule has 0 atom stereocenters. The van der Waals surface area contributed by atoms with E-state index in [4.69, 9.17) is 0 Å². The maximum absolute atomic E-state index is 11.7. The molecule has 0 rings (SSSR count). The molecule has 0 N–H and O–H groups in total. The maximum atomic E-state index is 11.7. The normalized spacial score (nSPS) is 12.5. The second-order valence-corrected chi connectivity index (χ2v) is 2.91. The molecule has 0 aliphatic rings. The first-order chi connectivity index (χ1) is 5.45. The second kappa shape index (κ2) is 4.66. The standard InChI is InChI=1S/C6H7FO4S/c1-11-6(8)4-2-3-5-12(7,9)10/h2-5H,1H3. The molecule has 0 aliphatic heterocycles. The van der Waals surface area contributed by atoms with Crippen molar-refractivity contribution >= 4 is 16.2 Å². The van der Waals surface area contributed by atoms with Gasteiger partial charge in [-0.15, -0.1) is 3.89 Å². The van der Waals surface area contributed by atoms with Gasteiger partial charge in [-0.3, -0.25) is 0 Å². The summed E-state index contributed by atoms with van der Waals surface area (Å²) in [6.45, 7) is 0. The highest BCUT2D eigenvalue weighted by Crippen LogP contribution is 1.92. The van der Waals surface area contributed by atoms with Gasteiger partial charge in [0.25, 0.3) is 0 Å². The van der Waals surface area contributed by atoms with Gasteiger partial charge in [-0.25, -0.2) is 4.79 Å². The van der Waals surface area contributed by atoms with Gasteiger partial charge >= 0.3 is 16.2 Å². The lowest BCUT2D eigenvalue weighted by molar-refractivity contribution is -0.134. The summed E-state index contributed by atoms with van der Waals surface area (Å²) in [7, 11) is -3.44. The van der Waals surface area contributed by atoms with Crippen molar-refractivity contribution in [2.45, 2.75) is 0 Å². The number of hydrogen-bond donors (Lipinski definition) is 0. The lowest BCUT2D eigenvalue weighted by Crippen LogP contribution is -1.92. The SMILES string of the molecule is COC(=O)C=CC=CS(=O)(=O)F. The fourth-order valence-electron chi connectivity index (χ4n) is 0.341. The van der Waals surface area contributed by atoms with E-state index in [1.807, 2.05) is 0 Å². The Kier molecular flexibility index (Phi) is 4.20. The molecule has 0 unspecified atom stereocenters. The number of carbonyl (C=O) groups excluding carboxylic acids is 1. The minimum atomic E-state index is -4.61. The van der Waals surface area contributed by atoms with E-state index in [1.54, 1.807) is 0 Å². The van der Waals surface area contributed by atoms with Gasteiger partial charge in [-0.1, -0.05) is 6.08 Å². The zero-order chi connectivity index (χ0) is 9.61. The van der Waals surface area contributed by atoms with Crippen molar-refractivity contribution in [3.05, 3.63) is 23.6 Å². The molecule has 0 fully saturated rings. The largest absolute Gasteiger partial charge is 0.466 e. The van der Waals surface area contributed by atoms with Crippen LogP contribution in [0.25, 0.3) is 0 Å². The van der Waals surface area contributed by atoms with Crippen LogP contribution in [0.15, 0.2) is 23.6 Å². The van der Waals surface area contributed by atoms with Crippen molar-refractivity contribution in [3.63, 3.8) is 0 Å². The molecule has 0 amide bonds. The lowest BCUT2D eigenvalue weighted by Gasteiger charge is -1.85. The van der Waals surface area contributed by atoms with Crippen molar-refractivity contribution in [1.29, 1.82) is 0 Å². The van der Waals surface area contributed by atoms with Gasteiger partial charge in [-0.2, -0.15) is 8.42 Å². The Morgan fingerprint density at radius 3 is 2.42 bits per heavy atom. The number of halogens is 1. The van der Waals surface area contributed by atoms with Gasteiger partial charge in [0.15, 0.2) is 0 Å². The minimum absolute atomic E-state index is 0.326. The van der Waals surface area contributed by atoms with Gasteiger partial charge in [-0.05, 0) is 6.08 Å². The molecule has 0 heterocycles. The summed E-state index contributed by atoms with van der Waals surface area (Å²) in [5.74, 6) is -0.643. The molecule has 6 heteroatoms. The average molecular weight is 194 g/mol. The van der Waals surface area contributed by atoms with Gasteiger partial charge in [0, 0.05) is 6.08 Å². The zero-order valence-electron chi connectivity index (χ0n) is 6.23. The molecule has 4 nitrogen and oxygen atoms in total. The van der Waals surface area contributed by atoms with Crippen LogP contribution in [0.2, 0.25) is 0 Å². The Morgan fingerprint density at radius 2 is 2.00 bits per heavy atom. The smallest absolute Gasteiger partial charge is 0.330 e. The molecule has 12 heavy (non-hydrogen) atoms. The van der Waals surface area contributed by atoms with Crippen molar-refractivity contribution in [2.75, 3.05) is 7.11 Å². The van der Waals surface area contributed by atoms with E-state index >= 15 is 0 Å². The molecular weight excluding hydrogens is 187 g/mol. The van der Waals surface area contributed by atoms with E-state index in [0.29, 0.717) is 5.41 Å². The van der Waals surface area contributed by atoms with Crippen LogP contribution in [0.4, 0.5) is 3.89 Å². The topological polar surface area (TPSA) is 60.4 Å². The zero-order valence-corrected chi connectivity index (χ0v) is 7.05. The van der Waals surface area contributed by atoms with E-state index in [0.717, 1.165) is 18.2 Å². The van der Waals surface area contributed by atoms with Crippen molar-refractivity contribution in [1.82, 2.24) is 0 Å². The highest BCUT2D eigenvalue weighted by molar-refractivity contribution is 7.89. The molecule has 0 radical (unpaired) electrons. The highest BCUT2D eigenvalue weighted by atomic mass is 32.3. The number of rotatable bonds is 3. The van der Waals surface area contributed by atoms with Crippen molar-refractivity contribution < 1.29 is 21.8 Å². The lowest BCUT2D eigenvalue weighted by atomic mass is 10.5. The molecule has 0 aliphatic carbocycles. The predicted molar refractivity (Wildman–Crippen MR) is 40.3 cm³/mol. The summed E-state index contributed by atoms with van der Waals surface area (Å²) < 4.78 is 35.6. The quantitative estimate of drug-likeness (QED) is 0.284. The van der Waals surface area contributed by atoms with Crippen LogP contribution in [0.5, 0.6) is 0 Å². The molecule has 0 aromatic rings. The molecule has 0 aromatic heterocycles. The number of allylic oxidation sites excluding steroid dienone is 2. The number of carbonyl (C=O) groups is 1. The predicted octanol–water partition coefficient (Wildman–Crippen LogP) is 0.529. The van der Waals surface area contributed by atoms with Crippen LogP contribution >= 0.6 is 0 Å². The first-order valence-electron chi connectivity index (χ1n) is 2.83. The Morgan fingerprint density at radius 1 is 1.42 bits per heavy atom. The Balaban J connectivity index is 4.08. The van der Waals surface area contributed by atoms with Gasteiger partial charge in [0.2, 0.25) is 0 Å². The summed E-state index contributed by atoms with van der Waals surface area (Å²) in [6, 6.07) is 0. The van der Waals surface area contributed by atoms with Crippen LogP contribution in [-0.2, 0) is 19.8 Å². The fourth-order valence-corrected chi connectivity index (χ4v) is 0.620. The van der Waals surface area contributed by atoms with Gasteiger partial charge in [0.05, 0.1) is 12.5 Å². The molecule has 0 bridgehead atoms. The van der Waals surface area contributed by atoms with E-state index in [-0.39, 0.29) is 0 Å². The first kappa shape index (κ1) is 10.8. The van der Waals surface area contributed by atoms with Crippen LogP contribution in [-0.4, -0.2) is 21.5 Å². The van der Waals surface area contributed by atoms with Crippen LogP contribution < -0.4 is 0 Å². The molecule has 0 spiro atoms. The highest BCUT2D eigenvalue weighted by Gasteiger charge is 1.96. The summed E-state index contributed by atoms with van der Waals surface area (Å²) in [6.07, 6.45) is 2.90. The summed E-state index contributed by atoms with van der Waals surface area (Å²) >= 11 is 0. The third-order valence-corrected chi connectivity index (χ3v) is 1.27. The van der Waals surface area contributed by atoms with E-state index in [9.17, 15) is 17.1 Å².